The maximum atomic E-state index is 6.94. The van der Waals surface area contributed by atoms with Crippen LogP contribution in [0.5, 0.6) is 0 Å². The Bertz CT molecular complexity index is 2230. The highest BCUT2D eigenvalue weighted by molar-refractivity contribution is 6.20. The Labute approximate surface area is 282 Å². The largest absolute Gasteiger partial charge is 0.455 e. The molecule has 6 aromatic carbocycles. The van der Waals surface area contributed by atoms with Crippen LogP contribution in [-0.2, 0) is 10.8 Å². The fourth-order valence-corrected chi connectivity index (χ4v) is 6.95. The van der Waals surface area contributed by atoms with Gasteiger partial charge in [-0.05, 0) is 57.3 Å². The van der Waals surface area contributed by atoms with Crippen molar-refractivity contribution in [2.24, 2.45) is 0 Å². The molecule has 2 heteroatoms. The first-order valence-corrected chi connectivity index (χ1v) is 16.9. The quantitative estimate of drug-likeness (QED) is 0.195. The highest BCUT2D eigenvalue weighted by atomic mass is 16.3. The lowest BCUT2D eigenvalue weighted by Gasteiger charge is -2.19. The number of furan rings is 2. The van der Waals surface area contributed by atoms with E-state index in [-0.39, 0.29) is 10.8 Å². The van der Waals surface area contributed by atoms with Crippen LogP contribution in [0.3, 0.4) is 0 Å². The molecule has 2 nitrogen and oxygen atoms in total. The van der Waals surface area contributed by atoms with Crippen molar-refractivity contribution in [3.63, 3.8) is 0 Å². The monoisotopic (exact) mass is 624 g/mol. The van der Waals surface area contributed by atoms with Crippen LogP contribution in [-0.4, -0.2) is 0 Å². The summed E-state index contributed by atoms with van der Waals surface area (Å²) < 4.78 is 13.9. The van der Waals surface area contributed by atoms with Crippen molar-refractivity contribution >= 4 is 32.7 Å². The molecule has 8 aromatic rings. The van der Waals surface area contributed by atoms with Crippen LogP contribution >= 0.6 is 0 Å². The Kier molecular flexibility index (Phi) is 6.96. The molecule has 0 saturated heterocycles. The Morgan fingerprint density at radius 2 is 0.667 bits per heavy atom. The molecule has 0 unspecified atom stereocenters. The first-order valence-electron chi connectivity index (χ1n) is 16.9. The predicted molar refractivity (Wildman–Crippen MR) is 203 cm³/mol. The molecule has 236 valence electrons. The Morgan fingerprint density at radius 3 is 1.00 bits per heavy atom. The predicted octanol–water partition coefficient (Wildman–Crippen LogP) is 13.6. The third kappa shape index (κ3) is 5.04. The molecule has 48 heavy (non-hydrogen) atoms. The van der Waals surface area contributed by atoms with Gasteiger partial charge in [0, 0.05) is 43.8 Å². The zero-order valence-electron chi connectivity index (χ0n) is 28.5. The molecule has 0 aliphatic carbocycles. The van der Waals surface area contributed by atoms with Gasteiger partial charge in [0.2, 0.25) is 0 Å². The fraction of sp³-hybridized carbons (Fsp3) is 0.174. The maximum absolute atomic E-state index is 6.94. The van der Waals surface area contributed by atoms with E-state index in [1.165, 1.54) is 11.1 Å². The fourth-order valence-electron chi connectivity index (χ4n) is 6.95. The van der Waals surface area contributed by atoms with Crippen molar-refractivity contribution in [1.29, 1.82) is 0 Å². The first kappa shape index (κ1) is 30.0. The second-order valence-corrected chi connectivity index (χ2v) is 15.0. The molecule has 0 atom stereocenters. The summed E-state index contributed by atoms with van der Waals surface area (Å²) in [6.07, 6.45) is 0. The van der Waals surface area contributed by atoms with Crippen LogP contribution in [0.4, 0.5) is 0 Å². The van der Waals surface area contributed by atoms with Gasteiger partial charge >= 0.3 is 0 Å². The maximum Gasteiger partial charge on any atom is 0.143 e. The van der Waals surface area contributed by atoms with Gasteiger partial charge in [-0.2, -0.15) is 0 Å². The lowest BCUT2D eigenvalue weighted by molar-refractivity contribution is 0.589. The highest BCUT2D eigenvalue weighted by Crippen LogP contribution is 2.48. The smallest absolute Gasteiger partial charge is 0.143 e. The summed E-state index contributed by atoms with van der Waals surface area (Å²) >= 11 is 0. The molecule has 0 saturated carbocycles. The summed E-state index contributed by atoms with van der Waals surface area (Å²) in [6.45, 7) is 13.5. The summed E-state index contributed by atoms with van der Waals surface area (Å²) in [5.41, 5.74) is 11.1. The van der Waals surface area contributed by atoms with E-state index in [1.54, 1.807) is 0 Å². The third-order valence-electron chi connectivity index (χ3n) is 9.65. The minimum absolute atomic E-state index is 0.0748. The average molecular weight is 625 g/mol. The number of rotatable bonds is 4. The Balaban J connectivity index is 1.38. The van der Waals surface area contributed by atoms with Crippen LogP contribution in [0.15, 0.2) is 142 Å². The van der Waals surface area contributed by atoms with E-state index in [1.807, 2.05) is 0 Å². The van der Waals surface area contributed by atoms with Gasteiger partial charge in [0.25, 0.3) is 0 Å². The summed E-state index contributed by atoms with van der Waals surface area (Å²) in [5, 5.41) is 4.27. The van der Waals surface area contributed by atoms with E-state index in [2.05, 4.69) is 175 Å². The van der Waals surface area contributed by atoms with Gasteiger partial charge < -0.3 is 8.83 Å². The normalized spacial score (nSPS) is 12.4. The lowest BCUT2D eigenvalue weighted by Crippen LogP contribution is -2.10. The minimum Gasteiger partial charge on any atom is -0.455 e. The van der Waals surface area contributed by atoms with Crippen molar-refractivity contribution in [2.75, 3.05) is 0 Å². The molecule has 0 radical (unpaired) electrons. The van der Waals surface area contributed by atoms with Gasteiger partial charge in [-0.1, -0.05) is 151 Å². The van der Waals surface area contributed by atoms with Gasteiger partial charge in [0.05, 0.1) is 0 Å². The molecule has 0 amide bonds. The molecule has 2 aromatic heterocycles. The summed E-state index contributed by atoms with van der Waals surface area (Å²) in [7, 11) is 0. The lowest BCUT2D eigenvalue weighted by atomic mass is 9.86. The van der Waals surface area contributed by atoms with Crippen molar-refractivity contribution in [3.8, 4) is 44.9 Å². The van der Waals surface area contributed by atoms with Crippen LogP contribution in [0, 0.1) is 0 Å². The van der Waals surface area contributed by atoms with Gasteiger partial charge in [0.15, 0.2) is 0 Å². The topological polar surface area (TPSA) is 26.3 Å². The Morgan fingerprint density at radius 1 is 0.333 bits per heavy atom. The first-order chi connectivity index (χ1) is 23.1. The summed E-state index contributed by atoms with van der Waals surface area (Å²) in [4.78, 5) is 0. The van der Waals surface area contributed by atoms with Gasteiger partial charge in [-0.3, -0.25) is 0 Å². The van der Waals surface area contributed by atoms with Gasteiger partial charge in [-0.25, -0.2) is 0 Å². The molecule has 0 bridgehead atoms. The number of hydrogen-bond donors (Lipinski definition) is 0. The Hall–Kier alpha value is -5.34. The second-order valence-electron chi connectivity index (χ2n) is 15.0. The molecular weight excluding hydrogens is 585 g/mol. The van der Waals surface area contributed by atoms with Crippen molar-refractivity contribution in [3.05, 3.63) is 145 Å². The van der Waals surface area contributed by atoms with Crippen molar-refractivity contribution in [1.82, 2.24) is 0 Å². The third-order valence-corrected chi connectivity index (χ3v) is 9.65. The number of benzene rings is 6. The molecule has 0 fully saturated rings. The van der Waals surface area contributed by atoms with Gasteiger partial charge in [-0.15, -0.1) is 0 Å². The molecule has 8 rings (SSSR count). The second kappa shape index (κ2) is 11.1. The molecule has 0 spiro atoms. The molecule has 2 heterocycles. The SMILES string of the molecule is CC(C)(C)c1ccc(-c2oc3c(ccc4c3ccc3c(-c5ccccc5)c(-c5ccc(C(C)(C)C)cc5)oc34)c2-c2ccccc2)cc1. The van der Waals surface area contributed by atoms with E-state index < -0.39 is 0 Å². The minimum atomic E-state index is 0.0748. The average Bonchev–Trinajstić information content (AvgIpc) is 3.68. The van der Waals surface area contributed by atoms with Crippen molar-refractivity contribution in [2.45, 2.75) is 52.4 Å². The molecule has 0 aliphatic heterocycles. The van der Waals surface area contributed by atoms with E-state index in [0.717, 1.165) is 77.6 Å². The van der Waals surface area contributed by atoms with E-state index >= 15 is 0 Å². The number of hydrogen-bond acceptors (Lipinski definition) is 2. The van der Waals surface area contributed by atoms with Crippen LogP contribution in [0.1, 0.15) is 52.7 Å². The molecule has 0 aliphatic rings. The molecule has 0 N–H and O–H groups in total. The van der Waals surface area contributed by atoms with Crippen LogP contribution < -0.4 is 0 Å². The van der Waals surface area contributed by atoms with Crippen molar-refractivity contribution < 1.29 is 8.83 Å². The summed E-state index contributed by atoms with van der Waals surface area (Å²) in [6, 6.07) is 47.7. The zero-order chi connectivity index (χ0) is 33.2. The highest BCUT2D eigenvalue weighted by Gasteiger charge is 2.24. The van der Waals surface area contributed by atoms with E-state index in [9.17, 15) is 0 Å². The standard InChI is InChI=1S/C46H40O2/c1-45(2,3)33-21-17-31(18-22-33)41-39(29-13-9-7-10-14-29)37-27-25-36-35(43(37)47-41)26-28-38-40(30-15-11-8-12-16-30)42(48-44(36)38)32-19-23-34(24-20-32)46(4,5)6/h7-28H,1-6H3. The van der Waals surface area contributed by atoms with E-state index in [0.29, 0.717) is 0 Å². The summed E-state index contributed by atoms with van der Waals surface area (Å²) in [5.74, 6) is 1.77. The van der Waals surface area contributed by atoms with Crippen LogP contribution in [0.25, 0.3) is 77.6 Å². The molecular formula is C46H40O2. The van der Waals surface area contributed by atoms with Gasteiger partial charge in [0.1, 0.15) is 22.7 Å². The zero-order valence-corrected chi connectivity index (χ0v) is 28.5. The number of fused-ring (bicyclic) bond motifs is 5. The van der Waals surface area contributed by atoms with Crippen LogP contribution in [0.2, 0.25) is 0 Å². The van der Waals surface area contributed by atoms with E-state index in [4.69, 9.17) is 8.83 Å².